The van der Waals surface area contributed by atoms with Crippen molar-refractivity contribution in [2.24, 2.45) is 5.92 Å². The van der Waals surface area contributed by atoms with E-state index in [-0.39, 0.29) is 11.9 Å². The van der Waals surface area contributed by atoms with Crippen molar-refractivity contribution in [3.8, 4) is 0 Å². The number of aromatic nitrogens is 1. The molecule has 1 unspecified atom stereocenters. The second-order valence-corrected chi connectivity index (χ2v) is 5.84. The summed E-state index contributed by atoms with van der Waals surface area (Å²) in [6.45, 7) is 7.62. The molecule has 0 bridgehead atoms. The Balaban J connectivity index is 2.48. The number of hydrogen-bond acceptors (Lipinski definition) is 5. The van der Waals surface area contributed by atoms with Crippen LogP contribution < -0.4 is 0 Å². The molecule has 1 aromatic heterocycles. The molecule has 0 aliphatic heterocycles. The number of thiazole rings is 1. The van der Waals surface area contributed by atoms with Gasteiger partial charge in [-0.3, -0.25) is 9.69 Å². The molecular weight excluding hydrogens is 248 g/mol. The lowest BCUT2D eigenvalue weighted by molar-refractivity contribution is -0.145. The zero-order valence-corrected chi connectivity index (χ0v) is 12.6. The quantitative estimate of drug-likeness (QED) is 0.745. The second-order valence-electron chi connectivity index (χ2n) is 4.95. The van der Waals surface area contributed by atoms with E-state index in [9.17, 15) is 4.79 Å². The minimum absolute atomic E-state index is 0.108. The van der Waals surface area contributed by atoms with Crippen molar-refractivity contribution in [2.45, 2.75) is 33.2 Å². The molecule has 1 heterocycles. The van der Waals surface area contributed by atoms with Gasteiger partial charge < -0.3 is 4.74 Å². The number of rotatable bonds is 6. The Morgan fingerprint density at radius 1 is 1.50 bits per heavy atom. The Labute approximate surface area is 113 Å². The molecule has 0 spiro atoms. The first kappa shape index (κ1) is 15.1. The lowest BCUT2D eigenvalue weighted by Gasteiger charge is -2.18. The van der Waals surface area contributed by atoms with Gasteiger partial charge in [-0.15, -0.1) is 11.3 Å². The van der Waals surface area contributed by atoms with Crippen LogP contribution in [-0.2, 0) is 16.1 Å². The molecule has 0 saturated carbocycles. The molecule has 0 saturated heterocycles. The third-order valence-electron chi connectivity index (χ3n) is 2.68. The maximum absolute atomic E-state index is 11.3. The molecule has 5 heteroatoms. The summed E-state index contributed by atoms with van der Waals surface area (Å²) in [5.74, 6) is 0.203. The van der Waals surface area contributed by atoms with Crippen LogP contribution in [0.5, 0.6) is 0 Å². The van der Waals surface area contributed by atoms with Crippen LogP contribution >= 0.6 is 11.3 Å². The van der Waals surface area contributed by atoms with Crippen molar-refractivity contribution in [2.75, 3.05) is 20.7 Å². The number of carbonyl (C=O) groups is 1. The summed E-state index contributed by atoms with van der Waals surface area (Å²) in [6, 6.07) is 0. The van der Waals surface area contributed by atoms with Crippen molar-refractivity contribution in [3.05, 3.63) is 16.1 Å². The summed E-state index contributed by atoms with van der Waals surface area (Å²) in [6.07, 6.45) is 0. The number of hydrogen-bond donors (Lipinski definition) is 0. The van der Waals surface area contributed by atoms with Gasteiger partial charge in [0.2, 0.25) is 0 Å². The molecule has 0 aromatic carbocycles. The second kappa shape index (κ2) is 6.85. The van der Waals surface area contributed by atoms with Crippen molar-refractivity contribution < 1.29 is 9.53 Å². The summed E-state index contributed by atoms with van der Waals surface area (Å²) in [5.41, 5.74) is 1.07. The summed E-state index contributed by atoms with van der Waals surface area (Å²) >= 11 is 1.70. The predicted octanol–water partition coefficient (Wildman–Crippen LogP) is 2.51. The van der Waals surface area contributed by atoms with E-state index < -0.39 is 0 Å². The molecule has 0 N–H and O–H groups in total. The molecule has 0 radical (unpaired) electrons. The van der Waals surface area contributed by atoms with E-state index in [1.165, 1.54) is 12.1 Å². The third-order valence-corrected chi connectivity index (χ3v) is 3.88. The maximum Gasteiger partial charge on any atom is 0.309 e. The normalized spacial score (nSPS) is 13.1. The van der Waals surface area contributed by atoms with E-state index in [1.54, 1.807) is 11.3 Å². The highest BCUT2D eigenvalue weighted by molar-refractivity contribution is 7.09. The van der Waals surface area contributed by atoms with E-state index in [2.05, 4.69) is 29.1 Å². The zero-order valence-electron chi connectivity index (χ0n) is 11.8. The Morgan fingerprint density at radius 2 is 2.17 bits per heavy atom. The summed E-state index contributed by atoms with van der Waals surface area (Å²) in [7, 11) is 3.42. The van der Waals surface area contributed by atoms with E-state index >= 15 is 0 Å². The van der Waals surface area contributed by atoms with Crippen LogP contribution in [-0.4, -0.2) is 36.6 Å². The van der Waals surface area contributed by atoms with E-state index in [1.807, 2.05) is 14.0 Å². The fourth-order valence-corrected chi connectivity index (χ4v) is 2.57. The van der Waals surface area contributed by atoms with Gasteiger partial charge >= 0.3 is 5.97 Å². The Morgan fingerprint density at radius 3 is 2.67 bits per heavy atom. The van der Waals surface area contributed by atoms with Gasteiger partial charge in [-0.2, -0.15) is 0 Å². The van der Waals surface area contributed by atoms with Crippen LogP contribution in [0.1, 0.15) is 37.4 Å². The van der Waals surface area contributed by atoms with Gasteiger partial charge in [0.1, 0.15) is 0 Å². The van der Waals surface area contributed by atoms with Crippen LogP contribution in [0.3, 0.4) is 0 Å². The topological polar surface area (TPSA) is 42.4 Å². The molecule has 4 nitrogen and oxygen atoms in total. The predicted molar refractivity (Wildman–Crippen MR) is 73.7 cm³/mol. The number of ether oxygens (including phenoxy) is 1. The van der Waals surface area contributed by atoms with Gasteiger partial charge in [0, 0.05) is 24.4 Å². The molecule has 0 aliphatic carbocycles. The maximum atomic E-state index is 11.3. The molecule has 102 valence electrons. The monoisotopic (exact) mass is 270 g/mol. The van der Waals surface area contributed by atoms with Gasteiger partial charge in [-0.05, 0) is 7.05 Å². The first-order chi connectivity index (χ1) is 8.43. The van der Waals surface area contributed by atoms with E-state index in [0.717, 1.165) is 12.2 Å². The average Bonchev–Trinajstić information content (AvgIpc) is 2.76. The van der Waals surface area contributed by atoms with Gasteiger partial charge in [-0.25, -0.2) is 4.98 Å². The smallest absolute Gasteiger partial charge is 0.309 e. The summed E-state index contributed by atoms with van der Waals surface area (Å²) in [4.78, 5) is 18.0. The van der Waals surface area contributed by atoms with Crippen LogP contribution in [0.4, 0.5) is 0 Å². The van der Waals surface area contributed by atoms with Crippen LogP contribution in [0.15, 0.2) is 5.38 Å². The number of nitrogens with zero attached hydrogens (tertiary/aromatic N) is 2. The molecule has 0 aliphatic rings. The molecular formula is C13H22N2O2S. The average molecular weight is 270 g/mol. The zero-order chi connectivity index (χ0) is 13.7. The minimum Gasteiger partial charge on any atom is -0.469 e. The molecule has 0 fully saturated rings. The standard InChI is InChI=1S/C13H22N2O2S/c1-9(2)12-14-11(8-18-12)7-15(4)6-10(3)13(16)17-5/h8-10H,6-7H2,1-5H3. The number of esters is 1. The Bertz CT molecular complexity index is 390. The molecule has 0 amide bonds. The lowest BCUT2D eigenvalue weighted by Crippen LogP contribution is -2.29. The van der Waals surface area contributed by atoms with Crippen LogP contribution in [0.2, 0.25) is 0 Å². The Kier molecular flexibility index (Phi) is 5.75. The SMILES string of the molecule is COC(=O)C(C)CN(C)Cc1csc(C(C)C)n1. The van der Waals surface area contributed by atoms with Crippen molar-refractivity contribution in [3.63, 3.8) is 0 Å². The number of carbonyl (C=O) groups excluding carboxylic acids is 1. The minimum atomic E-state index is -0.164. The Hall–Kier alpha value is -0.940. The molecule has 18 heavy (non-hydrogen) atoms. The van der Waals surface area contributed by atoms with Crippen LogP contribution in [0, 0.1) is 5.92 Å². The number of methoxy groups -OCH3 is 1. The highest BCUT2D eigenvalue weighted by Gasteiger charge is 2.16. The fraction of sp³-hybridized carbons (Fsp3) is 0.692. The molecule has 1 rings (SSSR count). The first-order valence-corrected chi connectivity index (χ1v) is 7.02. The van der Waals surface area contributed by atoms with Gasteiger partial charge in [-0.1, -0.05) is 20.8 Å². The highest BCUT2D eigenvalue weighted by atomic mass is 32.1. The highest BCUT2D eigenvalue weighted by Crippen LogP contribution is 2.19. The fourth-order valence-electron chi connectivity index (χ4n) is 1.74. The molecule has 1 atom stereocenters. The van der Waals surface area contributed by atoms with Gasteiger partial charge in [0.15, 0.2) is 0 Å². The van der Waals surface area contributed by atoms with Crippen LogP contribution in [0.25, 0.3) is 0 Å². The molecule has 1 aromatic rings. The van der Waals surface area contributed by atoms with Gasteiger partial charge in [0.05, 0.1) is 23.7 Å². The van der Waals surface area contributed by atoms with Crippen molar-refractivity contribution in [1.29, 1.82) is 0 Å². The van der Waals surface area contributed by atoms with E-state index in [4.69, 9.17) is 4.74 Å². The lowest BCUT2D eigenvalue weighted by atomic mass is 10.2. The van der Waals surface area contributed by atoms with Gasteiger partial charge in [0.25, 0.3) is 0 Å². The summed E-state index contributed by atoms with van der Waals surface area (Å²) < 4.78 is 4.72. The van der Waals surface area contributed by atoms with Crippen molar-refractivity contribution >= 4 is 17.3 Å². The summed E-state index contributed by atoms with van der Waals surface area (Å²) in [5, 5.41) is 3.26. The third kappa shape index (κ3) is 4.38. The largest absolute Gasteiger partial charge is 0.469 e. The van der Waals surface area contributed by atoms with E-state index in [0.29, 0.717) is 12.5 Å². The van der Waals surface area contributed by atoms with Crippen molar-refractivity contribution in [1.82, 2.24) is 9.88 Å². The first-order valence-electron chi connectivity index (χ1n) is 6.14.